The number of guanidine groups is 1. The number of benzene rings is 2. The van der Waals surface area contributed by atoms with Gasteiger partial charge in [-0.05, 0) is 17.7 Å². The Kier molecular flexibility index (Phi) is 7.61. The van der Waals surface area contributed by atoms with Crippen molar-refractivity contribution >= 4 is 35.1 Å². The van der Waals surface area contributed by atoms with Crippen LogP contribution in [0.2, 0.25) is 0 Å². The summed E-state index contributed by atoms with van der Waals surface area (Å²) in [6, 6.07) is 11.5. The maximum absolute atomic E-state index is 12.4. The minimum absolute atomic E-state index is 0.0944. The summed E-state index contributed by atoms with van der Waals surface area (Å²) in [5.74, 6) is -3.66. The number of nitrogens with one attached hydrogen (secondary N) is 2. The molecule has 0 fully saturated rings. The lowest BCUT2D eigenvalue weighted by atomic mass is 9.92. The number of para-hydroxylation sites is 1. The first-order valence-corrected chi connectivity index (χ1v) is 8.91. The van der Waals surface area contributed by atoms with Crippen LogP contribution >= 0.6 is 0 Å². The Morgan fingerprint density at radius 1 is 1.06 bits per heavy atom. The van der Waals surface area contributed by atoms with Crippen LogP contribution < -0.4 is 22.3 Å². The second-order valence-corrected chi connectivity index (χ2v) is 6.41. The smallest absolute Gasteiger partial charge is 0.303 e. The standard InChI is InChI=1S/C19H20N6O6/c20-19(21)22-15-7-2-1-6-14(15)18(29)24-23-16(26)9-12(10-17(27)28)11-4-3-5-13(8-11)25(30)31/h1-8,12H,9-10H2,(H,23,26)(H,24,29)(H,27,28)(H4,20,21,22). The van der Waals surface area contributed by atoms with Gasteiger partial charge in [0.1, 0.15) is 0 Å². The molecule has 0 bridgehead atoms. The van der Waals surface area contributed by atoms with Crippen LogP contribution in [0.15, 0.2) is 53.5 Å². The Morgan fingerprint density at radius 2 is 1.77 bits per heavy atom. The summed E-state index contributed by atoms with van der Waals surface area (Å²) in [5.41, 5.74) is 15.4. The molecule has 2 amide bonds. The topological polar surface area (TPSA) is 203 Å². The van der Waals surface area contributed by atoms with Crippen molar-refractivity contribution in [3.8, 4) is 0 Å². The normalized spacial score (nSPS) is 11.1. The van der Waals surface area contributed by atoms with Crippen LogP contribution in [0.5, 0.6) is 0 Å². The molecule has 0 aliphatic carbocycles. The van der Waals surface area contributed by atoms with Crippen molar-refractivity contribution < 1.29 is 24.4 Å². The Balaban J connectivity index is 2.09. The molecule has 2 aromatic rings. The Bertz CT molecular complexity index is 1030. The molecule has 1 atom stereocenters. The van der Waals surface area contributed by atoms with E-state index in [1.165, 1.54) is 36.4 Å². The van der Waals surface area contributed by atoms with Gasteiger partial charge in [0.2, 0.25) is 5.91 Å². The SMILES string of the molecule is NC(N)=Nc1ccccc1C(=O)NNC(=O)CC(CC(=O)O)c1cccc([N+](=O)[O-])c1. The minimum Gasteiger partial charge on any atom is -0.481 e. The lowest BCUT2D eigenvalue weighted by Gasteiger charge is -2.15. The quantitative estimate of drug-likeness (QED) is 0.176. The van der Waals surface area contributed by atoms with E-state index in [2.05, 4.69) is 15.8 Å². The zero-order chi connectivity index (χ0) is 23.0. The van der Waals surface area contributed by atoms with Gasteiger partial charge in [-0.2, -0.15) is 0 Å². The first-order valence-electron chi connectivity index (χ1n) is 8.91. The first kappa shape index (κ1) is 22.8. The first-order chi connectivity index (χ1) is 14.7. The molecule has 7 N–H and O–H groups in total. The number of carboxylic acids is 1. The van der Waals surface area contributed by atoms with Crippen LogP contribution in [0.4, 0.5) is 11.4 Å². The van der Waals surface area contributed by atoms with Crippen molar-refractivity contribution in [2.45, 2.75) is 18.8 Å². The van der Waals surface area contributed by atoms with Gasteiger partial charge in [0.15, 0.2) is 5.96 Å². The molecule has 162 valence electrons. The Morgan fingerprint density at radius 3 is 2.42 bits per heavy atom. The van der Waals surface area contributed by atoms with Gasteiger partial charge < -0.3 is 16.6 Å². The molecular weight excluding hydrogens is 408 g/mol. The molecule has 12 heteroatoms. The van der Waals surface area contributed by atoms with Crippen molar-refractivity contribution in [3.63, 3.8) is 0 Å². The number of rotatable bonds is 8. The van der Waals surface area contributed by atoms with E-state index in [9.17, 15) is 24.5 Å². The number of aliphatic carboxylic acids is 1. The number of nitro groups is 1. The summed E-state index contributed by atoms with van der Waals surface area (Å²) in [6.45, 7) is 0. The third-order valence-electron chi connectivity index (χ3n) is 4.12. The van der Waals surface area contributed by atoms with Crippen molar-refractivity contribution in [1.82, 2.24) is 10.9 Å². The number of nitro benzene ring substituents is 1. The van der Waals surface area contributed by atoms with E-state index in [1.54, 1.807) is 12.1 Å². The molecule has 0 saturated heterocycles. The second kappa shape index (κ2) is 10.3. The number of aliphatic imine (C=N–C) groups is 1. The van der Waals surface area contributed by atoms with Crippen LogP contribution in [0, 0.1) is 10.1 Å². The molecule has 0 aromatic heterocycles. The van der Waals surface area contributed by atoms with E-state index in [0.717, 1.165) is 0 Å². The number of carboxylic acid groups (broad SMARTS) is 1. The monoisotopic (exact) mass is 428 g/mol. The predicted octanol–water partition coefficient (Wildman–Crippen LogP) is 0.909. The number of carbonyl (C=O) groups excluding carboxylic acids is 2. The second-order valence-electron chi connectivity index (χ2n) is 6.41. The van der Waals surface area contributed by atoms with E-state index >= 15 is 0 Å². The van der Waals surface area contributed by atoms with E-state index in [1.807, 2.05) is 0 Å². The van der Waals surface area contributed by atoms with Gasteiger partial charge in [-0.25, -0.2) is 4.99 Å². The lowest BCUT2D eigenvalue weighted by molar-refractivity contribution is -0.384. The largest absolute Gasteiger partial charge is 0.481 e. The fraction of sp³-hybridized carbons (Fsp3) is 0.158. The average molecular weight is 428 g/mol. The molecule has 31 heavy (non-hydrogen) atoms. The van der Waals surface area contributed by atoms with E-state index < -0.39 is 35.0 Å². The number of hydrogen-bond donors (Lipinski definition) is 5. The Hall–Kier alpha value is -4.48. The van der Waals surface area contributed by atoms with Crippen LogP contribution in [-0.4, -0.2) is 33.8 Å². The highest BCUT2D eigenvalue weighted by Crippen LogP contribution is 2.26. The number of non-ortho nitro benzene ring substituents is 1. The highest BCUT2D eigenvalue weighted by molar-refractivity contribution is 6.00. The van der Waals surface area contributed by atoms with Gasteiger partial charge in [0.25, 0.3) is 11.6 Å². The minimum atomic E-state index is -1.18. The van der Waals surface area contributed by atoms with Crippen LogP contribution in [0.25, 0.3) is 0 Å². The third-order valence-corrected chi connectivity index (χ3v) is 4.12. The average Bonchev–Trinajstić information content (AvgIpc) is 2.71. The number of amides is 2. The summed E-state index contributed by atoms with van der Waals surface area (Å²) in [4.78, 5) is 50.0. The zero-order valence-electron chi connectivity index (χ0n) is 16.1. The zero-order valence-corrected chi connectivity index (χ0v) is 16.1. The summed E-state index contributed by atoms with van der Waals surface area (Å²) >= 11 is 0. The van der Waals surface area contributed by atoms with Gasteiger partial charge in [-0.1, -0.05) is 24.3 Å². The summed E-state index contributed by atoms with van der Waals surface area (Å²) in [6.07, 6.45) is -0.765. The summed E-state index contributed by atoms with van der Waals surface area (Å²) in [5, 5.41) is 20.1. The molecule has 2 rings (SSSR count). The van der Waals surface area contributed by atoms with Crippen molar-refractivity contribution in [2.24, 2.45) is 16.5 Å². The van der Waals surface area contributed by atoms with Gasteiger partial charge in [-0.3, -0.25) is 35.3 Å². The number of hydrogen-bond acceptors (Lipinski definition) is 6. The van der Waals surface area contributed by atoms with Gasteiger partial charge >= 0.3 is 5.97 Å². The lowest BCUT2D eigenvalue weighted by Crippen LogP contribution is -2.42. The molecule has 1 unspecified atom stereocenters. The van der Waals surface area contributed by atoms with Crippen molar-refractivity contribution in [1.29, 1.82) is 0 Å². The maximum atomic E-state index is 12.4. The molecule has 0 saturated carbocycles. The van der Waals surface area contributed by atoms with E-state index in [0.29, 0.717) is 5.56 Å². The van der Waals surface area contributed by atoms with Crippen molar-refractivity contribution in [3.05, 3.63) is 69.8 Å². The highest BCUT2D eigenvalue weighted by Gasteiger charge is 2.22. The summed E-state index contributed by atoms with van der Waals surface area (Å²) in [7, 11) is 0. The molecule has 12 nitrogen and oxygen atoms in total. The van der Waals surface area contributed by atoms with Crippen LogP contribution in [0.3, 0.4) is 0 Å². The highest BCUT2D eigenvalue weighted by atomic mass is 16.6. The molecule has 2 aromatic carbocycles. The molecule has 0 aliphatic heterocycles. The van der Waals surface area contributed by atoms with E-state index in [4.69, 9.17) is 16.6 Å². The molecule has 0 spiro atoms. The number of nitrogens with two attached hydrogens (primary N) is 2. The van der Waals surface area contributed by atoms with Crippen molar-refractivity contribution in [2.75, 3.05) is 0 Å². The fourth-order valence-corrected chi connectivity index (χ4v) is 2.78. The predicted molar refractivity (Wildman–Crippen MR) is 110 cm³/mol. The maximum Gasteiger partial charge on any atom is 0.303 e. The molecular formula is C19H20N6O6. The third kappa shape index (κ3) is 6.81. The van der Waals surface area contributed by atoms with Crippen LogP contribution in [0.1, 0.15) is 34.7 Å². The molecule has 0 heterocycles. The van der Waals surface area contributed by atoms with E-state index in [-0.39, 0.29) is 29.3 Å². The van der Waals surface area contributed by atoms with Gasteiger partial charge in [0, 0.05) is 24.5 Å². The number of nitrogens with zero attached hydrogens (tertiary/aromatic N) is 2. The fourth-order valence-electron chi connectivity index (χ4n) is 2.78. The number of carbonyl (C=O) groups is 3. The number of hydrazine groups is 1. The van der Waals surface area contributed by atoms with Gasteiger partial charge in [0.05, 0.1) is 22.6 Å². The van der Waals surface area contributed by atoms with Crippen LogP contribution in [-0.2, 0) is 9.59 Å². The molecule has 0 radical (unpaired) electrons. The summed E-state index contributed by atoms with van der Waals surface area (Å²) < 4.78 is 0. The van der Waals surface area contributed by atoms with Gasteiger partial charge in [-0.15, -0.1) is 0 Å². The molecule has 0 aliphatic rings. The Labute approximate surface area is 176 Å².